The van der Waals surface area contributed by atoms with E-state index in [2.05, 4.69) is 0 Å². The van der Waals surface area contributed by atoms with Gasteiger partial charge in [-0.1, -0.05) is 0 Å². The first-order valence-corrected chi connectivity index (χ1v) is 5.36. The number of aryl methyl sites for hydroxylation is 1. The van der Waals surface area contributed by atoms with Crippen LogP contribution in [0.2, 0.25) is 0 Å². The molecule has 0 saturated heterocycles. The molecule has 0 radical (unpaired) electrons. The third-order valence-corrected chi connectivity index (χ3v) is 3.42. The van der Waals surface area contributed by atoms with E-state index in [0.29, 0.717) is 5.88 Å². The van der Waals surface area contributed by atoms with Crippen molar-refractivity contribution in [3.05, 3.63) is 34.5 Å². The van der Waals surface area contributed by atoms with Crippen LogP contribution in [-0.4, -0.2) is 0 Å². The summed E-state index contributed by atoms with van der Waals surface area (Å²) in [6.45, 7) is 1.98. The summed E-state index contributed by atoms with van der Waals surface area (Å²) in [4.78, 5) is 0. The number of alkyl halides is 1. The molecule has 0 unspecified atom stereocenters. The van der Waals surface area contributed by atoms with Crippen LogP contribution in [-0.2, 0) is 5.88 Å². The molecule has 0 aliphatic heterocycles. The molecular formula is C10H8ClFS. The Balaban J connectivity index is 2.85. The van der Waals surface area contributed by atoms with Crippen LogP contribution in [0, 0.1) is 12.7 Å². The molecule has 2 rings (SSSR count). The van der Waals surface area contributed by atoms with Crippen LogP contribution in [0.3, 0.4) is 0 Å². The SMILES string of the molecule is Cc1c(CCl)cc(F)c2sccc12. The molecule has 13 heavy (non-hydrogen) atoms. The highest BCUT2D eigenvalue weighted by Crippen LogP contribution is 2.29. The molecule has 3 heteroatoms. The minimum absolute atomic E-state index is 0.161. The summed E-state index contributed by atoms with van der Waals surface area (Å²) in [7, 11) is 0. The smallest absolute Gasteiger partial charge is 0.141 e. The Labute approximate surface area is 85.0 Å². The Kier molecular flexibility index (Phi) is 2.26. The van der Waals surface area contributed by atoms with E-state index >= 15 is 0 Å². The Morgan fingerprint density at radius 1 is 1.54 bits per heavy atom. The largest absolute Gasteiger partial charge is 0.205 e. The Morgan fingerprint density at radius 3 is 3.00 bits per heavy atom. The van der Waals surface area contributed by atoms with Gasteiger partial charge in [-0.3, -0.25) is 0 Å². The molecule has 0 amide bonds. The summed E-state index contributed by atoms with van der Waals surface area (Å²) in [6, 6.07) is 3.47. The van der Waals surface area contributed by atoms with Crippen molar-refractivity contribution < 1.29 is 4.39 Å². The minimum atomic E-state index is -0.161. The van der Waals surface area contributed by atoms with Crippen LogP contribution in [0.4, 0.5) is 4.39 Å². The fourth-order valence-electron chi connectivity index (χ4n) is 1.43. The van der Waals surface area contributed by atoms with Gasteiger partial charge in [-0.15, -0.1) is 22.9 Å². The van der Waals surface area contributed by atoms with E-state index in [-0.39, 0.29) is 5.82 Å². The maximum Gasteiger partial charge on any atom is 0.141 e. The van der Waals surface area contributed by atoms with E-state index in [9.17, 15) is 4.39 Å². The first kappa shape index (κ1) is 8.97. The van der Waals surface area contributed by atoms with Crippen molar-refractivity contribution in [3.8, 4) is 0 Å². The second-order valence-corrected chi connectivity index (χ2v) is 4.12. The molecule has 0 aliphatic rings. The average Bonchev–Trinajstić information content (AvgIpc) is 2.60. The van der Waals surface area contributed by atoms with Crippen LogP contribution >= 0.6 is 22.9 Å². The lowest BCUT2D eigenvalue weighted by molar-refractivity contribution is 0.640. The van der Waals surface area contributed by atoms with Gasteiger partial charge in [-0.2, -0.15) is 0 Å². The molecule has 1 aromatic heterocycles. The van der Waals surface area contributed by atoms with Crippen molar-refractivity contribution in [2.75, 3.05) is 0 Å². The molecule has 0 fully saturated rings. The summed E-state index contributed by atoms with van der Waals surface area (Å²) in [5.41, 5.74) is 1.97. The summed E-state index contributed by atoms with van der Waals surface area (Å²) in [6.07, 6.45) is 0. The molecular weight excluding hydrogens is 207 g/mol. The third kappa shape index (κ3) is 1.34. The second-order valence-electron chi connectivity index (χ2n) is 2.94. The van der Waals surface area contributed by atoms with Crippen LogP contribution in [0.1, 0.15) is 11.1 Å². The van der Waals surface area contributed by atoms with Crippen molar-refractivity contribution in [1.29, 1.82) is 0 Å². The predicted molar refractivity (Wildman–Crippen MR) is 56.1 cm³/mol. The van der Waals surface area contributed by atoms with Gasteiger partial charge in [0.15, 0.2) is 0 Å². The predicted octanol–water partition coefficient (Wildman–Crippen LogP) is 4.09. The van der Waals surface area contributed by atoms with Crippen LogP contribution < -0.4 is 0 Å². The molecule has 0 N–H and O–H groups in total. The Hall–Kier alpha value is -0.600. The summed E-state index contributed by atoms with van der Waals surface area (Å²) < 4.78 is 14.1. The van der Waals surface area contributed by atoms with Gasteiger partial charge >= 0.3 is 0 Å². The van der Waals surface area contributed by atoms with E-state index in [4.69, 9.17) is 11.6 Å². The number of fused-ring (bicyclic) bond motifs is 1. The average molecular weight is 215 g/mol. The van der Waals surface area contributed by atoms with Gasteiger partial charge in [-0.05, 0) is 40.9 Å². The summed E-state index contributed by atoms with van der Waals surface area (Å²) in [5.74, 6) is 0.209. The number of rotatable bonds is 1. The lowest BCUT2D eigenvalue weighted by Crippen LogP contribution is -1.87. The fourth-order valence-corrected chi connectivity index (χ4v) is 2.57. The molecule has 0 saturated carbocycles. The van der Waals surface area contributed by atoms with E-state index < -0.39 is 0 Å². The lowest BCUT2D eigenvalue weighted by atomic mass is 10.1. The van der Waals surface area contributed by atoms with Crippen LogP contribution in [0.5, 0.6) is 0 Å². The first-order valence-electron chi connectivity index (χ1n) is 3.95. The van der Waals surface area contributed by atoms with E-state index in [1.54, 1.807) is 0 Å². The number of thiophene rings is 1. The fraction of sp³-hybridized carbons (Fsp3) is 0.200. The van der Waals surface area contributed by atoms with Gasteiger partial charge in [0.1, 0.15) is 5.82 Å². The van der Waals surface area contributed by atoms with Gasteiger partial charge in [0.25, 0.3) is 0 Å². The standard InChI is InChI=1S/C10H8ClFS/c1-6-7(5-11)4-9(12)10-8(6)2-3-13-10/h2-4H,5H2,1H3. The van der Waals surface area contributed by atoms with Crippen LogP contribution in [0.15, 0.2) is 17.5 Å². The van der Waals surface area contributed by atoms with E-state index in [0.717, 1.165) is 21.2 Å². The van der Waals surface area contributed by atoms with Gasteiger partial charge in [-0.25, -0.2) is 4.39 Å². The quantitative estimate of drug-likeness (QED) is 0.628. The van der Waals surface area contributed by atoms with Crippen molar-refractivity contribution in [2.24, 2.45) is 0 Å². The Bertz CT molecular complexity index is 447. The van der Waals surface area contributed by atoms with Gasteiger partial charge < -0.3 is 0 Å². The summed E-state index contributed by atoms with van der Waals surface area (Å²) in [5, 5.41) is 2.89. The maximum atomic E-state index is 13.4. The monoisotopic (exact) mass is 214 g/mol. The van der Waals surface area contributed by atoms with Crippen molar-refractivity contribution in [2.45, 2.75) is 12.8 Å². The summed E-state index contributed by atoms with van der Waals surface area (Å²) >= 11 is 7.14. The zero-order valence-corrected chi connectivity index (χ0v) is 8.68. The molecule has 2 aromatic rings. The third-order valence-electron chi connectivity index (χ3n) is 2.21. The van der Waals surface area contributed by atoms with E-state index in [1.165, 1.54) is 17.4 Å². The minimum Gasteiger partial charge on any atom is -0.205 e. The topological polar surface area (TPSA) is 0 Å². The number of benzene rings is 1. The van der Waals surface area contributed by atoms with Gasteiger partial charge in [0.2, 0.25) is 0 Å². The molecule has 0 atom stereocenters. The highest BCUT2D eigenvalue weighted by atomic mass is 35.5. The zero-order valence-electron chi connectivity index (χ0n) is 7.10. The molecule has 68 valence electrons. The van der Waals surface area contributed by atoms with Gasteiger partial charge in [0.05, 0.1) is 4.70 Å². The highest BCUT2D eigenvalue weighted by molar-refractivity contribution is 7.17. The van der Waals surface area contributed by atoms with E-state index in [1.807, 2.05) is 18.4 Å². The second kappa shape index (κ2) is 3.28. The van der Waals surface area contributed by atoms with Gasteiger partial charge in [0, 0.05) is 5.88 Å². The Morgan fingerprint density at radius 2 is 2.31 bits per heavy atom. The molecule has 0 aliphatic carbocycles. The number of hydrogen-bond donors (Lipinski definition) is 0. The van der Waals surface area contributed by atoms with Crippen molar-refractivity contribution in [1.82, 2.24) is 0 Å². The maximum absolute atomic E-state index is 13.4. The molecule has 0 nitrogen and oxygen atoms in total. The zero-order chi connectivity index (χ0) is 9.42. The molecule has 0 spiro atoms. The first-order chi connectivity index (χ1) is 6.24. The van der Waals surface area contributed by atoms with Crippen molar-refractivity contribution in [3.63, 3.8) is 0 Å². The normalized spacial score (nSPS) is 11.0. The van der Waals surface area contributed by atoms with Crippen LogP contribution in [0.25, 0.3) is 10.1 Å². The number of hydrogen-bond acceptors (Lipinski definition) is 1. The van der Waals surface area contributed by atoms with Crippen molar-refractivity contribution >= 4 is 33.0 Å². The molecule has 1 aromatic carbocycles. The highest BCUT2D eigenvalue weighted by Gasteiger charge is 2.08. The molecule has 0 bridgehead atoms. The lowest BCUT2D eigenvalue weighted by Gasteiger charge is -2.03. The molecule has 1 heterocycles. The number of halogens is 2.